The van der Waals surface area contributed by atoms with Crippen molar-refractivity contribution in [1.29, 1.82) is 0 Å². The van der Waals surface area contributed by atoms with Crippen LogP contribution in [0.2, 0.25) is 0 Å². The van der Waals surface area contributed by atoms with Crippen LogP contribution in [0.1, 0.15) is 30.4 Å². The summed E-state index contributed by atoms with van der Waals surface area (Å²) in [5.41, 5.74) is 2.08. The zero-order valence-electron chi connectivity index (χ0n) is 19.2. The fraction of sp³-hybridized carbons (Fsp3) is 0.440. The number of ether oxygens (including phenoxy) is 3. The minimum Gasteiger partial charge on any atom is -0.496 e. The molecule has 0 radical (unpaired) electrons. The van der Waals surface area contributed by atoms with Crippen molar-refractivity contribution in [2.75, 3.05) is 41.0 Å². The van der Waals surface area contributed by atoms with E-state index < -0.39 is 0 Å². The Hall–Kier alpha value is -3.22. The van der Waals surface area contributed by atoms with Crippen LogP contribution in [0, 0.1) is 5.92 Å². The molecule has 0 aromatic heterocycles. The highest BCUT2D eigenvalue weighted by Gasteiger charge is 2.33. The first-order valence-electron chi connectivity index (χ1n) is 10.8. The summed E-state index contributed by atoms with van der Waals surface area (Å²) in [7, 11) is 4.84. The number of hydrogen-bond acceptors (Lipinski definition) is 5. The van der Waals surface area contributed by atoms with Crippen molar-refractivity contribution >= 4 is 11.8 Å². The standard InChI is InChI=1S/C25H32N2O5/c1-17(28)27-15-20(19-9-10-23(31-3)24(14-19)32-4)13-21(16-27)25(29)26-12-11-18-7-5-6-8-22(18)30-2/h5-10,14,20-21H,11-13,15-16H2,1-4H3,(H,26,29). The maximum Gasteiger partial charge on any atom is 0.224 e. The molecule has 2 atom stereocenters. The maximum atomic E-state index is 13.0. The molecular formula is C25H32N2O5. The zero-order chi connectivity index (χ0) is 23.1. The Morgan fingerprint density at radius 1 is 0.969 bits per heavy atom. The van der Waals surface area contributed by atoms with Gasteiger partial charge in [0.05, 0.1) is 27.2 Å². The number of likely N-dealkylation sites (tertiary alicyclic amines) is 1. The van der Waals surface area contributed by atoms with Crippen molar-refractivity contribution in [3.05, 3.63) is 53.6 Å². The molecule has 32 heavy (non-hydrogen) atoms. The number of piperidine rings is 1. The Morgan fingerprint density at radius 2 is 1.69 bits per heavy atom. The van der Waals surface area contributed by atoms with Crippen LogP contribution in [0.15, 0.2) is 42.5 Å². The van der Waals surface area contributed by atoms with Crippen molar-refractivity contribution in [2.45, 2.75) is 25.7 Å². The number of nitrogens with one attached hydrogen (secondary N) is 1. The van der Waals surface area contributed by atoms with Crippen molar-refractivity contribution < 1.29 is 23.8 Å². The third kappa shape index (κ3) is 5.52. The minimum absolute atomic E-state index is 0.0259. The molecule has 0 bridgehead atoms. The molecular weight excluding hydrogens is 408 g/mol. The van der Waals surface area contributed by atoms with Crippen LogP contribution in [0.5, 0.6) is 17.2 Å². The highest BCUT2D eigenvalue weighted by Crippen LogP contribution is 2.35. The van der Waals surface area contributed by atoms with E-state index in [4.69, 9.17) is 14.2 Å². The summed E-state index contributed by atoms with van der Waals surface area (Å²) in [6.45, 7) is 3.07. The third-order valence-corrected chi connectivity index (χ3v) is 6.03. The van der Waals surface area contributed by atoms with E-state index in [0.717, 1.165) is 16.9 Å². The molecule has 2 unspecified atom stereocenters. The third-order valence-electron chi connectivity index (χ3n) is 6.03. The lowest BCUT2D eigenvalue weighted by Gasteiger charge is -2.37. The van der Waals surface area contributed by atoms with Gasteiger partial charge >= 0.3 is 0 Å². The van der Waals surface area contributed by atoms with Gasteiger partial charge in [-0.25, -0.2) is 0 Å². The highest BCUT2D eigenvalue weighted by molar-refractivity contribution is 5.81. The van der Waals surface area contributed by atoms with Crippen LogP contribution in [-0.4, -0.2) is 57.7 Å². The predicted octanol–water partition coefficient (Wildman–Crippen LogP) is 3.02. The van der Waals surface area contributed by atoms with E-state index in [-0.39, 0.29) is 23.7 Å². The summed E-state index contributed by atoms with van der Waals surface area (Å²) >= 11 is 0. The lowest BCUT2D eigenvalue weighted by molar-refractivity contribution is -0.134. The van der Waals surface area contributed by atoms with Crippen LogP contribution < -0.4 is 19.5 Å². The molecule has 0 aliphatic carbocycles. The summed E-state index contributed by atoms with van der Waals surface area (Å²) in [4.78, 5) is 26.9. The number of rotatable bonds is 8. The summed E-state index contributed by atoms with van der Waals surface area (Å²) in [6.07, 6.45) is 1.34. The molecule has 0 spiro atoms. The van der Waals surface area contributed by atoms with Gasteiger partial charge in [-0.1, -0.05) is 24.3 Å². The number of nitrogens with zero attached hydrogens (tertiary/aromatic N) is 1. The smallest absolute Gasteiger partial charge is 0.224 e. The van der Waals surface area contributed by atoms with Crippen LogP contribution in [0.25, 0.3) is 0 Å². The number of carbonyl (C=O) groups excluding carboxylic acids is 2. The zero-order valence-corrected chi connectivity index (χ0v) is 19.2. The first-order chi connectivity index (χ1) is 15.5. The molecule has 1 aliphatic heterocycles. The molecule has 1 saturated heterocycles. The summed E-state index contributed by atoms with van der Waals surface area (Å²) in [5.74, 6) is 1.82. The minimum atomic E-state index is -0.275. The Balaban J connectivity index is 1.69. The molecule has 0 saturated carbocycles. The molecule has 1 fully saturated rings. The summed E-state index contributed by atoms with van der Waals surface area (Å²) in [6, 6.07) is 13.6. The van der Waals surface area contributed by atoms with Gasteiger partial charge in [0, 0.05) is 32.5 Å². The molecule has 1 N–H and O–H groups in total. The Morgan fingerprint density at radius 3 is 2.38 bits per heavy atom. The molecule has 2 aromatic carbocycles. The monoisotopic (exact) mass is 440 g/mol. The van der Waals surface area contributed by atoms with Gasteiger partial charge in [-0.2, -0.15) is 0 Å². The highest BCUT2D eigenvalue weighted by atomic mass is 16.5. The van der Waals surface area contributed by atoms with E-state index in [9.17, 15) is 9.59 Å². The Labute approximate surface area is 189 Å². The lowest BCUT2D eigenvalue weighted by Crippen LogP contribution is -2.47. The van der Waals surface area contributed by atoms with Crippen molar-refractivity contribution in [1.82, 2.24) is 10.2 Å². The molecule has 7 heteroatoms. The van der Waals surface area contributed by atoms with Gasteiger partial charge in [-0.3, -0.25) is 9.59 Å². The number of carbonyl (C=O) groups is 2. The van der Waals surface area contributed by atoms with Crippen LogP contribution in [0.3, 0.4) is 0 Å². The maximum absolute atomic E-state index is 13.0. The van der Waals surface area contributed by atoms with Crippen LogP contribution in [0.4, 0.5) is 0 Å². The van der Waals surface area contributed by atoms with Gasteiger partial charge in [0.2, 0.25) is 11.8 Å². The van der Waals surface area contributed by atoms with E-state index in [1.54, 1.807) is 33.2 Å². The lowest BCUT2D eigenvalue weighted by atomic mass is 9.83. The number of hydrogen-bond donors (Lipinski definition) is 1. The van der Waals surface area contributed by atoms with Gasteiger partial charge < -0.3 is 24.4 Å². The SMILES string of the molecule is COc1ccccc1CCNC(=O)C1CC(c2ccc(OC)c(OC)c2)CN(C(C)=O)C1. The van der Waals surface area contributed by atoms with Gasteiger partial charge in [0.1, 0.15) is 5.75 Å². The molecule has 3 rings (SSSR count). The number of amides is 2. The average Bonchev–Trinajstić information content (AvgIpc) is 2.83. The van der Waals surface area contributed by atoms with Crippen molar-refractivity contribution in [3.63, 3.8) is 0 Å². The van der Waals surface area contributed by atoms with E-state index in [1.807, 2.05) is 42.5 Å². The first kappa shape index (κ1) is 23.4. The molecule has 1 aliphatic rings. The Kier molecular flexibility index (Phi) is 7.98. The normalized spacial score (nSPS) is 18.1. The predicted molar refractivity (Wildman–Crippen MR) is 122 cm³/mol. The summed E-state index contributed by atoms with van der Waals surface area (Å²) in [5, 5.41) is 3.05. The second-order valence-corrected chi connectivity index (χ2v) is 8.02. The van der Waals surface area contributed by atoms with Crippen molar-refractivity contribution in [3.8, 4) is 17.2 Å². The molecule has 2 aromatic rings. The van der Waals surface area contributed by atoms with Gasteiger partial charge in [0.25, 0.3) is 0 Å². The molecule has 2 amide bonds. The number of benzene rings is 2. The van der Waals surface area contributed by atoms with Crippen molar-refractivity contribution in [2.24, 2.45) is 5.92 Å². The van der Waals surface area contributed by atoms with Crippen LogP contribution >= 0.6 is 0 Å². The Bertz CT molecular complexity index is 946. The van der Waals surface area contributed by atoms with E-state index in [1.165, 1.54) is 0 Å². The average molecular weight is 441 g/mol. The molecule has 172 valence electrons. The number of methoxy groups -OCH3 is 3. The van der Waals surface area contributed by atoms with E-state index >= 15 is 0 Å². The largest absolute Gasteiger partial charge is 0.496 e. The molecule has 7 nitrogen and oxygen atoms in total. The fourth-order valence-corrected chi connectivity index (χ4v) is 4.27. The van der Waals surface area contributed by atoms with Crippen LogP contribution in [-0.2, 0) is 16.0 Å². The second-order valence-electron chi connectivity index (χ2n) is 8.02. The fourth-order valence-electron chi connectivity index (χ4n) is 4.27. The second kappa shape index (κ2) is 10.9. The van der Waals surface area contributed by atoms with E-state index in [0.29, 0.717) is 44.0 Å². The summed E-state index contributed by atoms with van der Waals surface area (Å²) < 4.78 is 16.1. The van der Waals surface area contributed by atoms with Gasteiger partial charge in [0.15, 0.2) is 11.5 Å². The first-order valence-corrected chi connectivity index (χ1v) is 10.8. The number of para-hydroxylation sites is 1. The van der Waals surface area contributed by atoms with Gasteiger partial charge in [-0.15, -0.1) is 0 Å². The molecule has 1 heterocycles. The topological polar surface area (TPSA) is 77.1 Å². The quantitative estimate of drug-likeness (QED) is 0.683. The van der Waals surface area contributed by atoms with Gasteiger partial charge in [-0.05, 0) is 42.2 Å². The van der Waals surface area contributed by atoms with E-state index in [2.05, 4.69) is 5.32 Å².